The highest BCUT2D eigenvalue weighted by atomic mass is 32.2. The Kier molecular flexibility index (Phi) is 4.49. The highest BCUT2D eigenvalue weighted by Gasteiger charge is 2.21. The van der Waals surface area contributed by atoms with Gasteiger partial charge < -0.3 is 0 Å². The van der Waals surface area contributed by atoms with Crippen molar-refractivity contribution in [3.63, 3.8) is 0 Å². The van der Waals surface area contributed by atoms with Crippen molar-refractivity contribution in [2.75, 3.05) is 0 Å². The Hall–Kier alpha value is -1.79. The molecule has 3 rings (SSSR count). The lowest BCUT2D eigenvalue weighted by Gasteiger charge is -2.22. The fourth-order valence-corrected chi connectivity index (χ4v) is 4.09. The summed E-state index contributed by atoms with van der Waals surface area (Å²) < 4.78 is 27.6. The van der Waals surface area contributed by atoms with Crippen LogP contribution in [0.1, 0.15) is 32.1 Å². The Bertz CT molecular complexity index is 709. The summed E-state index contributed by atoms with van der Waals surface area (Å²) in [4.78, 5) is 8.24. The smallest absolute Gasteiger partial charge is 0.240 e. The molecular weight excluding hydrogens is 298 g/mol. The maximum absolute atomic E-state index is 12.4. The molecule has 116 valence electrons. The summed E-state index contributed by atoms with van der Waals surface area (Å²) in [6.07, 6.45) is 10.1. The molecule has 5 nitrogen and oxygen atoms in total. The van der Waals surface area contributed by atoms with E-state index in [9.17, 15) is 8.42 Å². The van der Waals surface area contributed by atoms with Gasteiger partial charge in [0, 0.05) is 24.0 Å². The van der Waals surface area contributed by atoms with Crippen LogP contribution < -0.4 is 4.72 Å². The van der Waals surface area contributed by atoms with Gasteiger partial charge in [0.25, 0.3) is 0 Å². The first kappa shape index (κ1) is 15.1. The van der Waals surface area contributed by atoms with Gasteiger partial charge in [0.05, 0.1) is 4.90 Å². The average Bonchev–Trinajstić information content (AvgIpc) is 2.56. The Labute approximate surface area is 130 Å². The van der Waals surface area contributed by atoms with Gasteiger partial charge >= 0.3 is 0 Å². The molecule has 0 bridgehead atoms. The second kappa shape index (κ2) is 6.54. The molecule has 6 heteroatoms. The molecule has 0 atom stereocenters. The molecule has 1 fully saturated rings. The molecule has 1 aliphatic rings. The molecule has 0 amide bonds. The van der Waals surface area contributed by atoms with Gasteiger partial charge in [0.2, 0.25) is 10.0 Å². The van der Waals surface area contributed by atoms with E-state index < -0.39 is 10.0 Å². The zero-order chi connectivity index (χ0) is 15.4. The van der Waals surface area contributed by atoms with Crippen LogP contribution in [0.25, 0.3) is 11.1 Å². The lowest BCUT2D eigenvalue weighted by atomic mass is 9.96. The van der Waals surface area contributed by atoms with Crippen molar-refractivity contribution in [1.82, 2.24) is 14.7 Å². The first-order valence-corrected chi connectivity index (χ1v) is 9.01. The molecule has 1 N–H and O–H groups in total. The summed E-state index contributed by atoms with van der Waals surface area (Å²) in [5.74, 6) is 0. The number of rotatable bonds is 4. The van der Waals surface area contributed by atoms with Gasteiger partial charge in [-0.2, -0.15) is 0 Å². The van der Waals surface area contributed by atoms with Crippen LogP contribution in [0.5, 0.6) is 0 Å². The zero-order valence-electron chi connectivity index (χ0n) is 12.3. The van der Waals surface area contributed by atoms with Crippen LogP contribution in [0, 0.1) is 0 Å². The molecule has 2 aromatic rings. The summed E-state index contributed by atoms with van der Waals surface area (Å²) in [7, 11) is -3.44. The Morgan fingerprint density at radius 2 is 1.55 bits per heavy atom. The molecule has 0 radical (unpaired) electrons. The van der Waals surface area contributed by atoms with E-state index in [4.69, 9.17) is 0 Å². The van der Waals surface area contributed by atoms with Crippen molar-refractivity contribution in [1.29, 1.82) is 0 Å². The molecule has 1 aromatic carbocycles. The molecule has 1 saturated carbocycles. The average molecular weight is 317 g/mol. The van der Waals surface area contributed by atoms with E-state index in [1.807, 2.05) is 0 Å². The summed E-state index contributed by atoms with van der Waals surface area (Å²) in [5, 5.41) is 0. The van der Waals surface area contributed by atoms with Crippen LogP contribution in [0.3, 0.4) is 0 Å². The van der Waals surface area contributed by atoms with E-state index in [2.05, 4.69) is 14.7 Å². The van der Waals surface area contributed by atoms with Gasteiger partial charge in [-0.05, 0) is 30.5 Å². The van der Waals surface area contributed by atoms with Gasteiger partial charge in [-0.3, -0.25) is 0 Å². The lowest BCUT2D eigenvalue weighted by Crippen LogP contribution is -2.36. The van der Waals surface area contributed by atoms with E-state index in [1.54, 1.807) is 36.7 Å². The molecule has 1 heterocycles. The maximum atomic E-state index is 12.4. The largest absolute Gasteiger partial charge is 0.244 e. The predicted molar refractivity (Wildman–Crippen MR) is 84.7 cm³/mol. The molecule has 1 aromatic heterocycles. The molecule has 0 spiro atoms. The molecule has 0 unspecified atom stereocenters. The molecule has 0 aliphatic heterocycles. The van der Waals surface area contributed by atoms with Crippen LogP contribution >= 0.6 is 0 Å². The zero-order valence-corrected chi connectivity index (χ0v) is 13.1. The van der Waals surface area contributed by atoms with Crippen LogP contribution in [0.4, 0.5) is 0 Å². The number of sulfonamides is 1. The van der Waals surface area contributed by atoms with Crippen molar-refractivity contribution in [3.8, 4) is 11.1 Å². The van der Waals surface area contributed by atoms with Crippen LogP contribution in [-0.2, 0) is 10.0 Å². The van der Waals surface area contributed by atoms with Crippen molar-refractivity contribution in [2.24, 2.45) is 0 Å². The van der Waals surface area contributed by atoms with E-state index >= 15 is 0 Å². The standard InChI is InChI=1S/C16H19N3O2S/c20-22(21,19-15-4-2-1-3-5-15)16-8-6-13(7-9-16)14-10-17-12-18-11-14/h6-12,15,19H,1-5H2. The van der Waals surface area contributed by atoms with Gasteiger partial charge in [-0.25, -0.2) is 23.1 Å². The third-order valence-electron chi connectivity index (χ3n) is 3.99. The van der Waals surface area contributed by atoms with E-state index in [0.29, 0.717) is 4.90 Å². The normalized spacial score (nSPS) is 16.5. The van der Waals surface area contributed by atoms with Gasteiger partial charge in [0.15, 0.2) is 0 Å². The Morgan fingerprint density at radius 1 is 0.909 bits per heavy atom. The highest BCUT2D eigenvalue weighted by Crippen LogP contribution is 2.22. The van der Waals surface area contributed by atoms with Crippen molar-refractivity contribution in [3.05, 3.63) is 43.0 Å². The third-order valence-corrected chi connectivity index (χ3v) is 5.52. The first-order valence-electron chi connectivity index (χ1n) is 7.53. The molecule has 1 aliphatic carbocycles. The van der Waals surface area contributed by atoms with Crippen molar-refractivity contribution < 1.29 is 8.42 Å². The fourth-order valence-electron chi connectivity index (χ4n) is 2.78. The minimum atomic E-state index is -3.44. The van der Waals surface area contributed by atoms with E-state index in [0.717, 1.165) is 36.8 Å². The quantitative estimate of drug-likeness (QED) is 0.941. The summed E-state index contributed by atoms with van der Waals surface area (Å²) in [5.41, 5.74) is 1.77. The van der Waals surface area contributed by atoms with Crippen molar-refractivity contribution >= 4 is 10.0 Å². The van der Waals surface area contributed by atoms with Gasteiger partial charge in [-0.1, -0.05) is 31.4 Å². The maximum Gasteiger partial charge on any atom is 0.240 e. The minimum absolute atomic E-state index is 0.0703. The number of benzene rings is 1. The first-order chi connectivity index (χ1) is 10.6. The summed E-state index contributed by atoms with van der Waals surface area (Å²) >= 11 is 0. The van der Waals surface area contributed by atoms with Crippen molar-refractivity contribution in [2.45, 2.75) is 43.0 Å². The second-order valence-electron chi connectivity index (χ2n) is 5.61. The summed E-state index contributed by atoms with van der Waals surface area (Å²) in [6.45, 7) is 0. The molecule has 22 heavy (non-hydrogen) atoms. The SMILES string of the molecule is O=S(=O)(NC1CCCCC1)c1ccc(-c2cncnc2)cc1. The number of nitrogens with zero attached hydrogens (tertiary/aromatic N) is 2. The minimum Gasteiger partial charge on any atom is -0.244 e. The highest BCUT2D eigenvalue weighted by molar-refractivity contribution is 7.89. The van der Waals surface area contributed by atoms with Gasteiger partial charge in [0.1, 0.15) is 6.33 Å². The topological polar surface area (TPSA) is 72.0 Å². The third kappa shape index (κ3) is 3.51. The van der Waals surface area contributed by atoms with Crippen LogP contribution in [0.2, 0.25) is 0 Å². The number of hydrogen-bond acceptors (Lipinski definition) is 4. The Balaban J connectivity index is 1.76. The fraction of sp³-hybridized carbons (Fsp3) is 0.375. The monoisotopic (exact) mass is 317 g/mol. The van der Waals surface area contributed by atoms with Crippen LogP contribution in [-0.4, -0.2) is 24.4 Å². The predicted octanol–water partition coefficient (Wildman–Crippen LogP) is 2.75. The van der Waals surface area contributed by atoms with Crippen LogP contribution in [0.15, 0.2) is 47.9 Å². The Morgan fingerprint density at radius 3 is 2.18 bits per heavy atom. The van der Waals surface area contributed by atoms with E-state index in [-0.39, 0.29) is 6.04 Å². The van der Waals surface area contributed by atoms with Gasteiger partial charge in [-0.15, -0.1) is 0 Å². The summed E-state index contributed by atoms with van der Waals surface area (Å²) in [6, 6.07) is 6.91. The number of hydrogen-bond donors (Lipinski definition) is 1. The number of aromatic nitrogens is 2. The molecule has 0 saturated heterocycles. The van der Waals surface area contributed by atoms with E-state index in [1.165, 1.54) is 12.7 Å². The number of nitrogens with one attached hydrogen (secondary N) is 1. The second-order valence-corrected chi connectivity index (χ2v) is 7.32. The lowest BCUT2D eigenvalue weighted by molar-refractivity contribution is 0.412. The molecular formula is C16H19N3O2S.